The van der Waals surface area contributed by atoms with Gasteiger partial charge in [-0.3, -0.25) is 9.80 Å². The minimum atomic E-state index is 0.494. The van der Waals surface area contributed by atoms with E-state index in [1.165, 1.54) is 44.6 Å². The van der Waals surface area contributed by atoms with Gasteiger partial charge in [-0.05, 0) is 37.9 Å². The first-order chi connectivity index (χ1) is 10.1. The predicted octanol–water partition coefficient (Wildman–Crippen LogP) is 2.37. The number of nitrogens with zero attached hydrogens (tertiary/aromatic N) is 2. The van der Waals surface area contributed by atoms with E-state index >= 15 is 0 Å². The summed E-state index contributed by atoms with van der Waals surface area (Å²) in [6, 6.07) is 3.50. The van der Waals surface area contributed by atoms with Crippen LogP contribution in [-0.2, 0) is 13.1 Å². The van der Waals surface area contributed by atoms with E-state index in [4.69, 9.17) is 4.42 Å². The van der Waals surface area contributed by atoms with Crippen LogP contribution < -0.4 is 5.32 Å². The second-order valence-corrected chi connectivity index (χ2v) is 6.92. The molecule has 2 aliphatic rings. The van der Waals surface area contributed by atoms with Gasteiger partial charge in [-0.2, -0.15) is 0 Å². The monoisotopic (exact) mass is 291 g/mol. The molecule has 0 amide bonds. The molecule has 3 heterocycles. The summed E-state index contributed by atoms with van der Waals surface area (Å²) in [5.41, 5.74) is 1.28. The maximum absolute atomic E-state index is 6.06. The van der Waals surface area contributed by atoms with E-state index in [1.54, 1.807) is 0 Å². The van der Waals surface area contributed by atoms with E-state index in [9.17, 15) is 0 Å². The molecule has 2 aliphatic heterocycles. The van der Waals surface area contributed by atoms with Crippen LogP contribution in [0.2, 0.25) is 0 Å². The Kier molecular flexibility index (Phi) is 4.67. The lowest BCUT2D eigenvalue weighted by Gasteiger charge is -2.37. The van der Waals surface area contributed by atoms with Crippen molar-refractivity contribution in [2.24, 2.45) is 0 Å². The Labute approximate surface area is 128 Å². The number of nitrogens with one attached hydrogen (secondary N) is 1. The van der Waals surface area contributed by atoms with Crippen LogP contribution in [0.15, 0.2) is 10.5 Å². The largest absolute Gasteiger partial charge is 0.463 e. The summed E-state index contributed by atoms with van der Waals surface area (Å²) >= 11 is 0. The Bertz CT molecular complexity index is 469. The Morgan fingerprint density at radius 2 is 2.19 bits per heavy atom. The molecule has 0 saturated carbocycles. The van der Waals surface area contributed by atoms with Crippen LogP contribution in [0.5, 0.6) is 0 Å². The molecule has 118 valence electrons. The van der Waals surface area contributed by atoms with Crippen molar-refractivity contribution in [3.05, 3.63) is 23.2 Å². The van der Waals surface area contributed by atoms with Crippen molar-refractivity contribution in [1.82, 2.24) is 15.1 Å². The maximum atomic E-state index is 6.06. The lowest BCUT2D eigenvalue weighted by atomic mass is 10.1. The van der Waals surface area contributed by atoms with E-state index < -0.39 is 0 Å². The standard InChI is InChI=1S/C17H29N3O/c1-13(2)18-10-17-14(3)9-16(21-17)12-19-7-8-20-6-4-5-15(20)11-19/h9,13,15,18H,4-8,10-12H2,1-3H3. The van der Waals surface area contributed by atoms with Gasteiger partial charge in [0, 0.05) is 31.7 Å². The highest BCUT2D eigenvalue weighted by atomic mass is 16.3. The lowest BCUT2D eigenvalue weighted by Crippen LogP contribution is -2.49. The van der Waals surface area contributed by atoms with Crippen molar-refractivity contribution in [2.45, 2.75) is 58.8 Å². The van der Waals surface area contributed by atoms with Gasteiger partial charge in [0.05, 0.1) is 13.1 Å². The van der Waals surface area contributed by atoms with Gasteiger partial charge in [0.2, 0.25) is 0 Å². The highest BCUT2D eigenvalue weighted by molar-refractivity contribution is 5.20. The molecular weight excluding hydrogens is 262 g/mol. The van der Waals surface area contributed by atoms with Gasteiger partial charge in [-0.15, -0.1) is 0 Å². The maximum Gasteiger partial charge on any atom is 0.120 e. The predicted molar refractivity (Wildman–Crippen MR) is 85.3 cm³/mol. The van der Waals surface area contributed by atoms with Crippen LogP contribution in [0.3, 0.4) is 0 Å². The van der Waals surface area contributed by atoms with Gasteiger partial charge < -0.3 is 9.73 Å². The van der Waals surface area contributed by atoms with Gasteiger partial charge in [0.25, 0.3) is 0 Å². The number of aryl methyl sites for hydroxylation is 1. The van der Waals surface area contributed by atoms with Gasteiger partial charge in [-0.1, -0.05) is 13.8 Å². The Morgan fingerprint density at radius 1 is 1.33 bits per heavy atom. The first-order valence-electron chi connectivity index (χ1n) is 8.40. The van der Waals surface area contributed by atoms with Crippen molar-refractivity contribution >= 4 is 0 Å². The third kappa shape index (κ3) is 3.68. The van der Waals surface area contributed by atoms with Crippen molar-refractivity contribution in [1.29, 1.82) is 0 Å². The first-order valence-corrected chi connectivity index (χ1v) is 8.40. The molecule has 0 radical (unpaired) electrons. The van der Waals surface area contributed by atoms with Crippen molar-refractivity contribution in [3.8, 4) is 0 Å². The molecule has 1 unspecified atom stereocenters. The molecule has 1 aromatic heterocycles. The second-order valence-electron chi connectivity index (χ2n) is 6.92. The van der Waals surface area contributed by atoms with E-state index in [0.29, 0.717) is 6.04 Å². The van der Waals surface area contributed by atoms with Crippen molar-refractivity contribution in [3.63, 3.8) is 0 Å². The number of hydrogen-bond acceptors (Lipinski definition) is 4. The fourth-order valence-corrected chi connectivity index (χ4v) is 3.56. The zero-order valence-electron chi connectivity index (χ0n) is 13.7. The number of fused-ring (bicyclic) bond motifs is 1. The molecule has 1 N–H and O–H groups in total. The van der Waals surface area contributed by atoms with E-state index in [1.807, 2.05) is 0 Å². The summed E-state index contributed by atoms with van der Waals surface area (Å²) in [4.78, 5) is 5.21. The fraction of sp³-hybridized carbons (Fsp3) is 0.765. The molecule has 0 spiro atoms. The molecule has 4 nitrogen and oxygen atoms in total. The van der Waals surface area contributed by atoms with Crippen LogP contribution in [0.1, 0.15) is 43.8 Å². The fourth-order valence-electron chi connectivity index (χ4n) is 3.56. The topological polar surface area (TPSA) is 31.6 Å². The van der Waals surface area contributed by atoms with E-state index in [-0.39, 0.29) is 0 Å². The molecular formula is C17H29N3O. The summed E-state index contributed by atoms with van der Waals surface area (Å²) in [5, 5.41) is 3.44. The zero-order chi connectivity index (χ0) is 14.8. The molecule has 1 aromatic rings. The molecule has 3 rings (SSSR count). The summed E-state index contributed by atoms with van der Waals surface area (Å²) in [7, 11) is 0. The molecule has 4 heteroatoms. The smallest absolute Gasteiger partial charge is 0.120 e. The highest BCUT2D eigenvalue weighted by Gasteiger charge is 2.30. The summed E-state index contributed by atoms with van der Waals surface area (Å²) in [6.45, 7) is 13.2. The third-order valence-electron chi connectivity index (χ3n) is 4.79. The van der Waals surface area contributed by atoms with Crippen molar-refractivity contribution in [2.75, 3.05) is 26.2 Å². The number of hydrogen-bond donors (Lipinski definition) is 1. The molecule has 0 aromatic carbocycles. The van der Waals surface area contributed by atoms with Crippen LogP contribution in [-0.4, -0.2) is 48.1 Å². The molecule has 21 heavy (non-hydrogen) atoms. The van der Waals surface area contributed by atoms with Gasteiger partial charge >= 0.3 is 0 Å². The minimum Gasteiger partial charge on any atom is -0.463 e. The summed E-state index contributed by atoms with van der Waals surface area (Å²) in [6.07, 6.45) is 2.75. The third-order valence-corrected chi connectivity index (χ3v) is 4.79. The second kappa shape index (κ2) is 6.51. The van der Waals surface area contributed by atoms with E-state index in [0.717, 1.165) is 30.7 Å². The molecule has 2 fully saturated rings. The Balaban J connectivity index is 1.56. The minimum absolute atomic E-state index is 0.494. The molecule has 1 atom stereocenters. The Hall–Kier alpha value is -0.840. The van der Waals surface area contributed by atoms with Gasteiger partial charge in [0.15, 0.2) is 0 Å². The number of piperazine rings is 1. The zero-order valence-corrected chi connectivity index (χ0v) is 13.7. The quantitative estimate of drug-likeness (QED) is 0.902. The first kappa shape index (κ1) is 15.1. The normalized spacial score (nSPS) is 23.9. The van der Waals surface area contributed by atoms with Crippen LogP contribution >= 0.6 is 0 Å². The average Bonchev–Trinajstić information content (AvgIpc) is 3.02. The van der Waals surface area contributed by atoms with Crippen molar-refractivity contribution < 1.29 is 4.42 Å². The van der Waals surface area contributed by atoms with E-state index in [2.05, 4.69) is 42.0 Å². The Morgan fingerprint density at radius 3 is 3.00 bits per heavy atom. The molecule has 0 aliphatic carbocycles. The van der Waals surface area contributed by atoms with Gasteiger partial charge in [0.1, 0.15) is 11.5 Å². The van der Waals surface area contributed by atoms with Gasteiger partial charge in [-0.25, -0.2) is 0 Å². The lowest BCUT2D eigenvalue weighted by molar-refractivity contribution is 0.0937. The molecule has 0 bridgehead atoms. The van der Waals surface area contributed by atoms with Crippen LogP contribution in [0.25, 0.3) is 0 Å². The number of rotatable bonds is 5. The highest BCUT2D eigenvalue weighted by Crippen LogP contribution is 2.23. The summed E-state index contributed by atoms with van der Waals surface area (Å²) in [5.74, 6) is 2.22. The SMILES string of the molecule is Cc1cc(CN2CCN3CCCC3C2)oc1CNC(C)C. The van der Waals surface area contributed by atoms with Crippen LogP contribution in [0, 0.1) is 6.92 Å². The molecule has 2 saturated heterocycles. The number of furan rings is 1. The summed E-state index contributed by atoms with van der Waals surface area (Å²) < 4.78 is 6.06. The average molecular weight is 291 g/mol. The van der Waals surface area contributed by atoms with Crippen LogP contribution in [0.4, 0.5) is 0 Å².